The Bertz CT molecular complexity index is 550. The van der Waals surface area contributed by atoms with Gasteiger partial charge in [-0.15, -0.1) is 0 Å². The van der Waals surface area contributed by atoms with Gasteiger partial charge in [-0.05, 0) is 42.6 Å². The molecule has 6 nitrogen and oxygen atoms in total. The minimum absolute atomic E-state index is 0.0454. The maximum atomic E-state index is 12.5. The molecule has 1 heterocycles. The maximum absolute atomic E-state index is 12.5. The highest BCUT2D eigenvalue weighted by atomic mass is 127. The van der Waals surface area contributed by atoms with E-state index in [0.717, 1.165) is 10.1 Å². The normalized spacial score (nSPS) is 19.9. The standard InChI is InChI=1S/C13H16IN3O3/c1-9-8-16(6-5-15(9)2)13(18)11-7-10(17(19)20)3-4-12(11)14/h3-4,7,9H,5-6,8H2,1-2H3. The van der Waals surface area contributed by atoms with Crippen LogP contribution in [0.3, 0.4) is 0 Å². The zero-order valence-corrected chi connectivity index (χ0v) is 13.5. The summed E-state index contributed by atoms with van der Waals surface area (Å²) in [4.78, 5) is 26.9. The third kappa shape index (κ3) is 3.09. The summed E-state index contributed by atoms with van der Waals surface area (Å²) < 4.78 is 0.741. The second kappa shape index (κ2) is 6.04. The molecule has 1 unspecified atom stereocenters. The summed E-state index contributed by atoms with van der Waals surface area (Å²) in [5.41, 5.74) is 0.368. The SMILES string of the molecule is CC1CN(C(=O)c2cc([N+](=O)[O-])ccc2I)CCN1C. The number of hydrogen-bond donors (Lipinski definition) is 0. The molecule has 1 aliphatic heterocycles. The number of nitro groups is 1. The van der Waals surface area contributed by atoms with Crippen molar-refractivity contribution < 1.29 is 9.72 Å². The third-order valence-electron chi connectivity index (χ3n) is 3.64. The molecule has 0 radical (unpaired) electrons. The van der Waals surface area contributed by atoms with Crippen LogP contribution in [0, 0.1) is 13.7 Å². The number of likely N-dealkylation sites (N-methyl/N-ethyl adjacent to an activating group) is 1. The van der Waals surface area contributed by atoms with Crippen LogP contribution in [-0.4, -0.2) is 53.4 Å². The number of rotatable bonds is 2. The van der Waals surface area contributed by atoms with Crippen molar-refractivity contribution in [1.82, 2.24) is 9.80 Å². The van der Waals surface area contributed by atoms with Gasteiger partial charge in [0, 0.05) is 41.4 Å². The average Bonchev–Trinajstić information content (AvgIpc) is 2.41. The maximum Gasteiger partial charge on any atom is 0.270 e. The molecule has 108 valence electrons. The van der Waals surface area contributed by atoms with Gasteiger partial charge < -0.3 is 9.80 Å². The molecule has 1 aromatic carbocycles. The van der Waals surface area contributed by atoms with Gasteiger partial charge in [-0.3, -0.25) is 14.9 Å². The molecule has 7 heteroatoms. The lowest BCUT2D eigenvalue weighted by atomic mass is 10.1. The lowest BCUT2D eigenvalue weighted by molar-refractivity contribution is -0.384. The summed E-state index contributed by atoms with van der Waals surface area (Å²) in [5, 5.41) is 10.8. The molecule has 0 bridgehead atoms. The number of nitrogens with zero attached hydrogens (tertiary/aromatic N) is 3. The summed E-state index contributed by atoms with van der Waals surface area (Å²) in [5.74, 6) is -0.127. The van der Waals surface area contributed by atoms with E-state index >= 15 is 0 Å². The van der Waals surface area contributed by atoms with Gasteiger partial charge in [0.2, 0.25) is 0 Å². The van der Waals surface area contributed by atoms with Crippen molar-refractivity contribution in [2.75, 3.05) is 26.7 Å². The Morgan fingerprint density at radius 3 is 2.75 bits per heavy atom. The summed E-state index contributed by atoms with van der Waals surface area (Å²) >= 11 is 2.04. The number of hydrogen-bond acceptors (Lipinski definition) is 4. The number of nitro benzene ring substituents is 1. The van der Waals surface area contributed by atoms with Crippen LogP contribution >= 0.6 is 22.6 Å². The molecule has 1 atom stereocenters. The van der Waals surface area contributed by atoms with E-state index in [1.807, 2.05) is 29.6 Å². The molecule has 1 aliphatic rings. The lowest BCUT2D eigenvalue weighted by Gasteiger charge is -2.37. The van der Waals surface area contributed by atoms with Crippen LogP contribution in [-0.2, 0) is 0 Å². The molecule has 1 aromatic rings. The Labute approximate surface area is 131 Å². The van der Waals surface area contributed by atoms with E-state index < -0.39 is 4.92 Å². The summed E-state index contributed by atoms with van der Waals surface area (Å²) in [6.07, 6.45) is 0. The van der Waals surface area contributed by atoms with Gasteiger partial charge in [0.25, 0.3) is 11.6 Å². The number of benzene rings is 1. The van der Waals surface area contributed by atoms with Gasteiger partial charge in [0.15, 0.2) is 0 Å². The topological polar surface area (TPSA) is 66.7 Å². The number of non-ortho nitro benzene ring substituents is 1. The summed E-state index contributed by atoms with van der Waals surface area (Å²) in [6, 6.07) is 4.70. The van der Waals surface area contributed by atoms with Crippen LogP contribution in [0.5, 0.6) is 0 Å². The number of carbonyl (C=O) groups excluding carboxylic acids is 1. The fourth-order valence-corrected chi connectivity index (χ4v) is 2.76. The predicted octanol–water partition coefficient (Wildman–Crippen LogP) is 1.98. The first-order chi connectivity index (χ1) is 9.40. The van der Waals surface area contributed by atoms with E-state index in [1.54, 1.807) is 11.0 Å². The van der Waals surface area contributed by atoms with Gasteiger partial charge in [-0.2, -0.15) is 0 Å². The molecule has 1 amide bonds. The number of piperazine rings is 1. The number of carbonyl (C=O) groups is 1. The first-order valence-electron chi connectivity index (χ1n) is 6.33. The molecule has 1 fully saturated rings. The zero-order valence-electron chi connectivity index (χ0n) is 11.4. The van der Waals surface area contributed by atoms with Crippen LogP contribution in [0.25, 0.3) is 0 Å². The smallest absolute Gasteiger partial charge is 0.270 e. The van der Waals surface area contributed by atoms with Crippen LogP contribution in [0.4, 0.5) is 5.69 Å². The quantitative estimate of drug-likeness (QED) is 0.441. The molecule has 0 N–H and O–H groups in total. The van der Waals surface area contributed by atoms with Crippen molar-refractivity contribution in [2.24, 2.45) is 0 Å². The second-order valence-electron chi connectivity index (χ2n) is 5.00. The van der Waals surface area contributed by atoms with Crippen molar-refractivity contribution in [3.8, 4) is 0 Å². The Morgan fingerprint density at radius 1 is 1.45 bits per heavy atom. The molecule has 0 aliphatic carbocycles. The first-order valence-corrected chi connectivity index (χ1v) is 7.41. The highest BCUT2D eigenvalue weighted by Crippen LogP contribution is 2.22. The van der Waals surface area contributed by atoms with Crippen molar-refractivity contribution >= 4 is 34.2 Å². The molecule has 0 aromatic heterocycles. The molecule has 0 saturated carbocycles. The highest BCUT2D eigenvalue weighted by molar-refractivity contribution is 14.1. The summed E-state index contributed by atoms with van der Waals surface area (Å²) in [6.45, 7) is 4.18. The van der Waals surface area contributed by atoms with E-state index in [-0.39, 0.29) is 11.6 Å². The minimum Gasteiger partial charge on any atom is -0.336 e. The molecular weight excluding hydrogens is 373 g/mol. The molecule has 20 heavy (non-hydrogen) atoms. The van der Waals surface area contributed by atoms with Gasteiger partial charge >= 0.3 is 0 Å². The van der Waals surface area contributed by atoms with Crippen LogP contribution in [0.2, 0.25) is 0 Å². The van der Waals surface area contributed by atoms with E-state index in [0.29, 0.717) is 24.7 Å². The lowest BCUT2D eigenvalue weighted by Crippen LogP contribution is -2.52. The van der Waals surface area contributed by atoms with Crippen molar-refractivity contribution in [3.05, 3.63) is 37.4 Å². The largest absolute Gasteiger partial charge is 0.336 e. The Hall–Kier alpha value is -1.22. The van der Waals surface area contributed by atoms with E-state index in [1.165, 1.54) is 12.1 Å². The molecule has 0 spiro atoms. The Kier molecular flexibility index (Phi) is 4.59. The van der Waals surface area contributed by atoms with Gasteiger partial charge in [-0.1, -0.05) is 0 Å². The van der Waals surface area contributed by atoms with E-state index in [9.17, 15) is 14.9 Å². The first kappa shape index (κ1) is 15.2. The van der Waals surface area contributed by atoms with Gasteiger partial charge in [-0.25, -0.2) is 0 Å². The number of halogens is 1. The average molecular weight is 389 g/mol. The monoisotopic (exact) mass is 389 g/mol. The Morgan fingerprint density at radius 2 is 2.15 bits per heavy atom. The van der Waals surface area contributed by atoms with Crippen LogP contribution in [0.15, 0.2) is 18.2 Å². The fourth-order valence-electron chi connectivity index (χ4n) is 2.19. The third-order valence-corrected chi connectivity index (χ3v) is 4.58. The van der Waals surface area contributed by atoms with Crippen molar-refractivity contribution in [1.29, 1.82) is 0 Å². The second-order valence-corrected chi connectivity index (χ2v) is 6.16. The van der Waals surface area contributed by atoms with Crippen molar-refractivity contribution in [2.45, 2.75) is 13.0 Å². The molecule has 2 rings (SSSR count). The molecule has 1 saturated heterocycles. The van der Waals surface area contributed by atoms with E-state index in [2.05, 4.69) is 11.8 Å². The van der Waals surface area contributed by atoms with Crippen LogP contribution < -0.4 is 0 Å². The van der Waals surface area contributed by atoms with E-state index in [4.69, 9.17) is 0 Å². The molecular formula is C13H16IN3O3. The summed E-state index contributed by atoms with van der Waals surface area (Å²) in [7, 11) is 2.03. The van der Waals surface area contributed by atoms with Gasteiger partial charge in [0.1, 0.15) is 0 Å². The highest BCUT2D eigenvalue weighted by Gasteiger charge is 2.27. The van der Waals surface area contributed by atoms with Gasteiger partial charge in [0.05, 0.1) is 10.5 Å². The van der Waals surface area contributed by atoms with Crippen molar-refractivity contribution in [3.63, 3.8) is 0 Å². The predicted molar refractivity (Wildman–Crippen MR) is 83.8 cm³/mol. The van der Waals surface area contributed by atoms with Crippen LogP contribution in [0.1, 0.15) is 17.3 Å². The Balaban J connectivity index is 2.25. The minimum atomic E-state index is -0.473. The number of amides is 1. The zero-order chi connectivity index (χ0) is 14.9. The fraction of sp³-hybridized carbons (Fsp3) is 0.462.